The van der Waals surface area contributed by atoms with Crippen LogP contribution < -0.4 is 5.32 Å². The maximum atomic E-state index is 4.22. The van der Waals surface area contributed by atoms with Gasteiger partial charge < -0.3 is 5.32 Å². The number of pyridine rings is 1. The van der Waals surface area contributed by atoms with Crippen molar-refractivity contribution in [2.24, 2.45) is 0 Å². The average Bonchev–Trinajstić information content (AvgIpc) is 2.44. The zero-order valence-electron chi connectivity index (χ0n) is 11.7. The summed E-state index contributed by atoms with van der Waals surface area (Å²) in [5, 5.41) is 11.9. The minimum atomic E-state index is 0.128. The molecule has 2 aromatic heterocycles. The van der Waals surface area contributed by atoms with Crippen LogP contribution in [0, 0.1) is 13.8 Å². The average molecular weight is 256 g/mol. The molecule has 2 heterocycles. The van der Waals surface area contributed by atoms with Gasteiger partial charge in [-0.3, -0.25) is 4.98 Å². The molecule has 0 aliphatic rings. The Morgan fingerprint density at radius 3 is 2.79 bits per heavy atom. The van der Waals surface area contributed by atoms with Crippen LogP contribution in [0.25, 0.3) is 0 Å². The quantitative estimate of drug-likeness (QED) is 0.893. The van der Waals surface area contributed by atoms with Crippen molar-refractivity contribution in [1.82, 2.24) is 20.5 Å². The summed E-state index contributed by atoms with van der Waals surface area (Å²) in [6, 6.07) is 6.29. The number of aromatic nitrogens is 3. The molecular weight excluding hydrogens is 236 g/mol. The minimum absolute atomic E-state index is 0.128. The molecule has 0 aliphatic carbocycles. The Kier molecular flexibility index (Phi) is 4.58. The highest BCUT2D eigenvalue weighted by Gasteiger charge is 2.16. The number of hydrogen-bond acceptors (Lipinski definition) is 4. The van der Waals surface area contributed by atoms with Crippen molar-refractivity contribution in [2.45, 2.75) is 33.2 Å². The lowest BCUT2D eigenvalue weighted by atomic mass is 9.99. The first-order valence-corrected chi connectivity index (χ1v) is 6.66. The summed E-state index contributed by atoms with van der Waals surface area (Å²) in [7, 11) is 0. The molecule has 0 saturated heterocycles. The van der Waals surface area contributed by atoms with E-state index in [2.05, 4.69) is 39.6 Å². The molecule has 19 heavy (non-hydrogen) atoms. The van der Waals surface area contributed by atoms with E-state index in [9.17, 15) is 0 Å². The van der Waals surface area contributed by atoms with Crippen LogP contribution in [-0.4, -0.2) is 21.7 Å². The van der Waals surface area contributed by atoms with E-state index in [4.69, 9.17) is 0 Å². The van der Waals surface area contributed by atoms with Gasteiger partial charge in [-0.15, -0.1) is 0 Å². The van der Waals surface area contributed by atoms with E-state index >= 15 is 0 Å². The van der Waals surface area contributed by atoms with Crippen LogP contribution in [0.5, 0.6) is 0 Å². The molecule has 0 amide bonds. The summed E-state index contributed by atoms with van der Waals surface area (Å²) in [6.07, 6.45) is 4.79. The van der Waals surface area contributed by atoms with Crippen molar-refractivity contribution in [3.8, 4) is 0 Å². The summed E-state index contributed by atoms with van der Waals surface area (Å²) < 4.78 is 0. The standard InChI is InChI=1S/C15H20N4/c1-4-7-17-15(13-6-5-8-16-10-13)14-9-11(2)18-19-12(14)3/h5-6,8-10,15,17H,4,7H2,1-3H3. The molecule has 0 spiro atoms. The predicted octanol–water partition coefficient (Wildman–Crippen LogP) is 2.58. The number of rotatable bonds is 5. The molecule has 100 valence electrons. The van der Waals surface area contributed by atoms with Gasteiger partial charge in [0.1, 0.15) is 0 Å². The Hall–Kier alpha value is -1.81. The van der Waals surface area contributed by atoms with Gasteiger partial charge in [-0.05, 0) is 50.1 Å². The largest absolute Gasteiger partial charge is 0.306 e. The summed E-state index contributed by atoms with van der Waals surface area (Å²) in [5.41, 5.74) is 4.23. The van der Waals surface area contributed by atoms with Gasteiger partial charge in [-0.1, -0.05) is 13.0 Å². The Labute approximate surface area is 114 Å². The molecule has 2 aromatic rings. The fourth-order valence-corrected chi connectivity index (χ4v) is 2.10. The third-order valence-corrected chi connectivity index (χ3v) is 3.07. The van der Waals surface area contributed by atoms with Crippen molar-refractivity contribution < 1.29 is 0 Å². The first kappa shape index (κ1) is 13.6. The highest BCUT2D eigenvalue weighted by atomic mass is 15.1. The van der Waals surface area contributed by atoms with Crippen LogP contribution >= 0.6 is 0 Å². The molecule has 4 heteroatoms. The highest BCUT2D eigenvalue weighted by molar-refractivity contribution is 5.32. The van der Waals surface area contributed by atoms with Gasteiger partial charge in [0.05, 0.1) is 17.4 Å². The van der Waals surface area contributed by atoms with Gasteiger partial charge in [0.25, 0.3) is 0 Å². The zero-order chi connectivity index (χ0) is 13.7. The first-order valence-electron chi connectivity index (χ1n) is 6.66. The Balaban J connectivity index is 2.40. The number of nitrogens with one attached hydrogen (secondary N) is 1. The SMILES string of the molecule is CCCNC(c1cccnc1)c1cc(C)nnc1C. The van der Waals surface area contributed by atoms with Gasteiger partial charge in [0.2, 0.25) is 0 Å². The van der Waals surface area contributed by atoms with Crippen LogP contribution in [-0.2, 0) is 0 Å². The van der Waals surface area contributed by atoms with E-state index in [1.807, 2.05) is 26.1 Å². The maximum Gasteiger partial charge on any atom is 0.0651 e. The van der Waals surface area contributed by atoms with Crippen LogP contribution in [0.4, 0.5) is 0 Å². The van der Waals surface area contributed by atoms with Crippen LogP contribution in [0.1, 0.15) is 41.9 Å². The first-order chi connectivity index (χ1) is 9.22. The topological polar surface area (TPSA) is 50.7 Å². The molecule has 0 aromatic carbocycles. The highest BCUT2D eigenvalue weighted by Crippen LogP contribution is 2.23. The van der Waals surface area contributed by atoms with E-state index in [-0.39, 0.29) is 6.04 Å². The molecule has 1 atom stereocenters. The van der Waals surface area contributed by atoms with Crippen molar-refractivity contribution in [1.29, 1.82) is 0 Å². The van der Waals surface area contributed by atoms with Gasteiger partial charge in [0.15, 0.2) is 0 Å². The number of nitrogens with zero attached hydrogens (tertiary/aromatic N) is 3. The summed E-state index contributed by atoms with van der Waals surface area (Å²) in [6.45, 7) is 7.09. The van der Waals surface area contributed by atoms with E-state index < -0.39 is 0 Å². The van der Waals surface area contributed by atoms with Crippen molar-refractivity contribution in [3.05, 3.63) is 53.1 Å². The number of aryl methyl sites for hydroxylation is 2. The molecule has 2 rings (SSSR count). The Morgan fingerprint density at radius 2 is 2.11 bits per heavy atom. The van der Waals surface area contributed by atoms with Crippen molar-refractivity contribution >= 4 is 0 Å². The molecule has 4 nitrogen and oxygen atoms in total. The molecule has 0 aliphatic heterocycles. The van der Waals surface area contributed by atoms with E-state index in [1.165, 1.54) is 5.56 Å². The lowest BCUT2D eigenvalue weighted by Crippen LogP contribution is -2.24. The van der Waals surface area contributed by atoms with Gasteiger partial charge in [-0.2, -0.15) is 10.2 Å². The third kappa shape index (κ3) is 3.35. The van der Waals surface area contributed by atoms with Crippen molar-refractivity contribution in [3.63, 3.8) is 0 Å². The molecule has 1 unspecified atom stereocenters. The second-order valence-electron chi connectivity index (χ2n) is 4.70. The lowest BCUT2D eigenvalue weighted by molar-refractivity contribution is 0.589. The van der Waals surface area contributed by atoms with Crippen LogP contribution in [0.15, 0.2) is 30.6 Å². The number of hydrogen-bond donors (Lipinski definition) is 1. The van der Waals surface area contributed by atoms with Gasteiger partial charge in [0, 0.05) is 12.4 Å². The van der Waals surface area contributed by atoms with Gasteiger partial charge in [-0.25, -0.2) is 0 Å². The molecule has 0 fully saturated rings. The smallest absolute Gasteiger partial charge is 0.0651 e. The summed E-state index contributed by atoms with van der Waals surface area (Å²) in [5.74, 6) is 0. The molecule has 0 saturated carbocycles. The van der Waals surface area contributed by atoms with E-state index in [1.54, 1.807) is 6.20 Å². The predicted molar refractivity (Wildman–Crippen MR) is 75.9 cm³/mol. The molecular formula is C15H20N4. The molecule has 0 bridgehead atoms. The summed E-state index contributed by atoms with van der Waals surface area (Å²) in [4.78, 5) is 4.22. The van der Waals surface area contributed by atoms with Crippen LogP contribution in [0.3, 0.4) is 0 Å². The zero-order valence-corrected chi connectivity index (χ0v) is 11.7. The molecule has 0 radical (unpaired) electrons. The lowest BCUT2D eigenvalue weighted by Gasteiger charge is -2.20. The van der Waals surface area contributed by atoms with Crippen molar-refractivity contribution in [2.75, 3.05) is 6.54 Å². The molecule has 1 N–H and O–H groups in total. The minimum Gasteiger partial charge on any atom is -0.306 e. The Morgan fingerprint density at radius 1 is 1.26 bits per heavy atom. The van der Waals surface area contributed by atoms with Gasteiger partial charge >= 0.3 is 0 Å². The summed E-state index contributed by atoms with van der Waals surface area (Å²) >= 11 is 0. The van der Waals surface area contributed by atoms with Crippen LogP contribution in [0.2, 0.25) is 0 Å². The maximum absolute atomic E-state index is 4.22. The monoisotopic (exact) mass is 256 g/mol. The van der Waals surface area contributed by atoms with E-state index in [0.29, 0.717) is 0 Å². The van der Waals surface area contributed by atoms with E-state index in [0.717, 1.165) is 29.9 Å². The Bertz CT molecular complexity index is 525. The second-order valence-corrected chi connectivity index (χ2v) is 4.70. The normalized spacial score (nSPS) is 12.4. The third-order valence-electron chi connectivity index (χ3n) is 3.07. The second kappa shape index (κ2) is 6.38. The fraction of sp³-hybridized carbons (Fsp3) is 0.400. The fourth-order valence-electron chi connectivity index (χ4n) is 2.10.